The summed E-state index contributed by atoms with van der Waals surface area (Å²) in [6, 6.07) is 4.82. The number of aromatic carboxylic acids is 1. The van der Waals surface area contributed by atoms with Crippen LogP contribution in [0.4, 0.5) is 10.5 Å². The Bertz CT molecular complexity index is 1040. The molecule has 1 unspecified atom stereocenters. The fourth-order valence-corrected chi connectivity index (χ4v) is 4.65. The highest BCUT2D eigenvalue weighted by molar-refractivity contribution is 7.11. The van der Waals surface area contributed by atoms with Gasteiger partial charge in [-0.15, -0.1) is 11.3 Å². The van der Waals surface area contributed by atoms with E-state index < -0.39 is 5.97 Å². The molecule has 9 heteroatoms. The first-order valence-corrected chi connectivity index (χ1v) is 9.47. The molecule has 0 aliphatic heterocycles. The average Bonchev–Trinajstić information content (AvgIpc) is 3.22. The molecular formula is C18H19N5O3S. The largest absolute Gasteiger partial charge is 0.476 e. The van der Waals surface area contributed by atoms with Gasteiger partial charge >= 0.3 is 12.0 Å². The van der Waals surface area contributed by atoms with Crippen LogP contribution in [0.25, 0.3) is 10.9 Å². The zero-order valence-electron chi connectivity index (χ0n) is 14.9. The number of benzene rings is 1. The third kappa shape index (κ3) is 3.14. The molecule has 0 saturated carbocycles. The Hall–Kier alpha value is -2.94. The van der Waals surface area contributed by atoms with Gasteiger partial charge in [0.2, 0.25) is 0 Å². The van der Waals surface area contributed by atoms with Crippen molar-refractivity contribution in [3.63, 3.8) is 0 Å². The molecule has 0 fully saturated rings. The van der Waals surface area contributed by atoms with Gasteiger partial charge < -0.3 is 15.3 Å². The van der Waals surface area contributed by atoms with Gasteiger partial charge in [-0.3, -0.25) is 5.10 Å². The van der Waals surface area contributed by atoms with E-state index in [4.69, 9.17) is 0 Å². The number of thiazole rings is 1. The monoisotopic (exact) mass is 385 g/mol. The number of nitrogens with zero attached hydrogens (tertiary/aromatic N) is 3. The SMILES string of the molecule is Cc1nc2c(s1)C(N(C)C(=O)Nc1ccc3[nH]nc(C(=O)O)c3c1)CCC2. The van der Waals surface area contributed by atoms with Crippen LogP contribution in [0.2, 0.25) is 0 Å². The van der Waals surface area contributed by atoms with E-state index in [2.05, 4.69) is 20.5 Å². The van der Waals surface area contributed by atoms with E-state index in [1.165, 1.54) is 0 Å². The summed E-state index contributed by atoms with van der Waals surface area (Å²) in [6.45, 7) is 1.99. The zero-order valence-corrected chi connectivity index (χ0v) is 15.8. The minimum atomic E-state index is -1.11. The molecule has 140 valence electrons. The first-order valence-electron chi connectivity index (χ1n) is 8.65. The van der Waals surface area contributed by atoms with Gasteiger partial charge in [0, 0.05) is 18.1 Å². The van der Waals surface area contributed by atoms with Crippen LogP contribution < -0.4 is 5.32 Å². The first kappa shape index (κ1) is 17.5. The second-order valence-corrected chi connectivity index (χ2v) is 7.87. The topological polar surface area (TPSA) is 111 Å². The van der Waals surface area contributed by atoms with Gasteiger partial charge in [-0.05, 0) is 44.4 Å². The molecule has 0 bridgehead atoms. The lowest BCUT2D eigenvalue weighted by Crippen LogP contribution is -2.36. The Morgan fingerprint density at radius 3 is 3.00 bits per heavy atom. The van der Waals surface area contributed by atoms with Gasteiger partial charge in [-0.25, -0.2) is 14.6 Å². The molecule has 1 atom stereocenters. The Labute approximate surface area is 159 Å². The van der Waals surface area contributed by atoms with E-state index in [-0.39, 0.29) is 17.8 Å². The molecule has 2 heterocycles. The third-order valence-corrected chi connectivity index (χ3v) is 5.95. The van der Waals surface area contributed by atoms with Gasteiger partial charge in [0.15, 0.2) is 5.69 Å². The second-order valence-electron chi connectivity index (χ2n) is 6.63. The molecule has 1 aliphatic rings. The third-order valence-electron chi connectivity index (χ3n) is 4.83. The van der Waals surface area contributed by atoms with Crippen molar-refractivity contribution in [1.82, 2.24) is 20.1 Å². The van der Waals surface area contributed by atoms with Crippen molar-refractivity contribution in [1.29, 1.82) is 0 Å². The maximum atomic E-state index is 12.8. The van der Waals surface area contributed by atoms with Gasteiger partial charge in [0.25, 0.3) is 0 Å². The molecule has 3 N–H and O–H groups in total. The van der Waals surface area contributed by atoms with Crippen molar-refractivity contribution in [2.75, 3.05) is 12.4 Å². The van der Waals surface area contributed by atoms with Crippen molar-refractivity contribution < 1.29 is 14.7 Å². The Balaban J connectivity index is 1.56. The van der Waals surface area contributed by atoms with E-state index in [0.717, 1.165) is 34.8 Å². The minimum absolute atomic E-state index is 0.00665. The molecule has 2 aromatic heterocycles. The molecule has 1 aliphatic carbocycles. The minimum Gasteiger partial charge on any atom is -0.476 e. The summed E-state index contributed by atoms with van der Waals surface area (Å²) in [4.78, 5) is 31.5. The number of carboxylic acids is 1. The van der Waals surface area contributed by atoms with Gasteiger partial charge in [0.05, 0.1) is 27.1 Å². The van der Waals surface area contributed by atoms with Crippen LogP contribution in [-0.2, 0) is 6.42 Å². The number of hydrogen-bond donors (Lipinski definition) is 3. The van der Waals surface area contributed by atoms with E-state index >= 15 is 0 Å². The number of carbonyl (C=O) groups excluding carboxylic acids is 1. The quantitative estimate of drug-likeness (QED) is 0.638. The lowest BCUT2D eigenvalue weighted by Gasteiger charge is -2.30. The molecule has 0 radical (unpaired) electrons. The number of amides is 2. The van der Waals surface area contributed by atoms with Crippen molar-refractivity contribution in [2.24, 2.45) is 0 Å². The standard InChI is InChI=1S/C18H19N5O3S/c1-9-19-13-4-3-5-14(16(13)27-9)23(2)18(26)20-10-6-7-12-11(8-10)15(17(24)25)22-21-12/h6-8,14H,3-5H2,1-2H3,(H,20,26)(H,21,22)(H,24,25). The van der Waals surface area contributed by atoms with E-state index in [9.17, 15) is 14.7 Å². The average molecular weight is 385 g/mol. The predicted octanol–water partition coefficient (Wildman–Crippen LogP) is 3.57. The van der Waals surface area contributed by atoms with Gasteiger partial charge in [-0.2, -0.15) is 5.10 Å². The van der Waals surface area contributed by atoms with E-state index in [1.54, 1.807) is 41.5 Å². The van der Waals surface area contributed by atoms with Gasteiger partial charge in [0.1, 0.15) is 0 Å². The lowest BCUT2D eigenvalue weighted by atomic mass is 9.97. The maximum absolute atomic E-state index is 12.8. The van der Waals surface area contributed by atoms with Crippen LogP contribution in [0.3, 0.4) is 0 Å². The fraction of sp³-hybridized carbons (Fsp3) is 0.333. The summed E-state index contributed by atoms with van der Waals surface area (Å²) in [6.07, 6.45) is 2.87. The summed E-state index contributed by atoms with van der Waals surface area (Å²) in [5.41, 5.74) is 2.17. The summed E-state index contributed by atoms with van der Waals surface area (Å²) >= 11 is 1.65. The molecule has 0 saturated heterocycles. The van der Waals surface area contributed by atoms with Crippen molar-refractivity contribution >= 4 is 39.9 Å². The van der Waals surface area contributed by atoms with Crippen LogP contribution in [0.1, 0.15) is 45.0 Å². The van der Waals surface area contributed by atoms with Crippen LogP contribution in [0, 0.1) is 6.92 Å². The Morgan fingerprint density at radius 2 is 2.22 bits per heavy atom. The number of aromatic nitrogens is 3. The lowest BCUT2D eigenvalue weighted by molar-refractivity contribution is 0.0692. The van der Waals surface area contributed by atoms with Crippen LogP contribution in [0.15, 0.2) is 18.2 Å². The predicted molar refractivity (Wildman–Crippen MR) is 102 cm³/mol. The molecular weight excluding hydrogens is 366 g/mol. The number of H-pyrrole nitrogens is 1. The highest BCUT2D eigenvalue weighted by atomic mass is 32.1. The van der Waals surface area contributed by atoms with Crippen molar-refractivity contribution in [3.8, 4) is 0 Å². The van der Waals surface area contributed by atoms with Crippen molar-refractivity contribution in [3.05, 3.63) is 39.5 Å². The number of fused-ring (bicyclic) bond motifs is 2. The number of aryl methyl sites for hydroxylation is 2. The highest BCUT2D eigenvalue weighted by Crippen LogP contribution is 2.37. The molecule has 8 nitrogen and oxygen atoms in total. The summed E-state index contributed by atoms with van der Waals surface area (Å²) in [5, 5.41) is 20.0. The molecule has 27 heavy (non-hydrogen) atoms. The number of carbonyl (C=O) groups is 2. The Kier molecular flexibility index (Phi) is 4.31. The molecule has 2 amide bonds. The van der Waals surface area contributed by atoms with Crippen molar-refractivity contribution in [2.45, 2.75) is 32.2 Å². The molecule has 0 spiro atoms. The first-order chi connectivity index (χ1) is 12.9. The smallest absolute Gasteiger partial charge is 0.357 e. The maximum Gasteiger partial charge on any atom is 0.357 e. The zero-order chi connectivity index (χ0) is 19.1. The van der Waals surface area contributed by atoms with Crippen LogP contribution in [0.5, 0.6) is 0 Å². The number of rotatable bonds is 3. The van der Waals surface area contributed by atoms with E-state index in [0.29, 0.717) is 16.6 Å². The van der Waals surface area contributed by atoms with Crippen LogP contribution in [-0.4, -0.2) is 44.2 Å². The summed E-state index contributed by atoms with van der Waals surface area (Å²) in [7, 11) is 1.78. The molecule has 3 aromatic rings. The number of urea groups is 1. The summed E-state index contributed by atoms with van der Waals surface area (Å²) in [5.74, 6) is -1.11. The normalized spacial score (nSPS) is 16.1. The molecule has 4 rings (SSSR count). The number of hydrogen-bond acceptors (Lipinski definition) is 5. The Morgan fingerprint density at radius 1 is 1.41 bits per heavy atom. The van der Waals surface area contributed by atoms with Crippen LogP contribution >= 0.6 is 11.3 Å². The highest BCUT2D eigenvalue weighted by Gasteiger charge is 2.29. The number of aromatic amines is 1. The number of anilines is 1. The summed E-state index contributed by atoms with van der Waals surface area (Å²) < 4.78 is 0. The number of nitrogens with one attached hydrogen (secondary N) is 2. The number of carboxylic acid groups (broad SMARTS) is 1. The van der Waals surface area contributed by atoms with Gasteiger partial charge in [-0.1, -0.05) is 0 Å². The molecule has 1 aromatic carbocycles. The second kappa shape index (κ2) is 6.66. The fourth-order valence-electron chi connectivity index (χ4n) is 3.50. The van der Waals surface area contributed by atoms with E-state index in [1.807, 2.05) is 6.92 Å².